The van der Waals surface area contributed by atoms with Gasteiger partial charge in [-0.05, 0) is 119 Å². The molecule has 2 aromatic rings. The summed E-state index contributed by atoms with van der Waals surface area (Å²) in [6.45, 7) is 6.26. The minimum atomic E-state index is -0.642. The molecule has 0 unspecified atom stereocenters. The van der Waals surface area contributed by atoms with E-state index in [2.05, 4.69) is 13.2 Å². The summed E-state index contributed by atoms with van der Waals surface area (Å²) in [6, 6.07) is 13.5. The molecule has 22 nitrogen and oxygen atoms in total. The highest BCUT2D eigenvalue weighted by atomic mass is 32.2. The van der Waals surface area contributed by atoms with Gasteiger partial charge in [-0.15, -0.1) is 0 Å². The molecule has 3 fully saturated rings. The average molecular weight is 1200 g/mol. The van der Waals surface area contributed by atoms with Crippen molar-refractivity contribution in [1.82, 2.24) is 0 Å². The van der Waals surface area contributed by atoms with Crippen molar-refractivity contribution in [3.8, 4) is 29.4 Å². The maximum Gasteiger partial charge on any atom is 0.330 e. The minimum absolute atomic E-state index is 0.0546. The summed E-state index contributed by atoms with van der Waals surface area (Å²) in [5.74, 6) is -6.37. The molecule has 24 heteroatoms. The van der Waals surface area contributed by atoms with Crippen molar-refractivity contribution < 1.29 is 95.3 Å². The van der Waals surface area contributed by atoms with Crippen LogP contribution in [0.5, 0.6) is 17.2 Å². The Kier molecular flexibility index (Phi) is 26.4. The summed E-state index contributed by atoms with van der Waals surface area (Å²) in [4.78, 5) is 125. The Morgan fingerprint density at radius 2 is 0.869 bits per heavy atom. The second-order valence-corrected chi connectivity index (χ2v) is 22.4. The first-order chi connectivity index (χ1) is 40.5. The summed E-state index contributed by atoms with van der Waals surface area (Å²) < 4.78 is 53.6. The first-order valence-corrected chi connectivity index (χ1v) is 29.4. The Balaban J connectivity index is 0.881. The predicted molar refractivity (Wildman–Crippen MR) is 295 cm³/mol. The third kappa shape index (κ3) is 21.0. The van der Waals surface area contributed by atoms with Crippen LogP contribution in [0.15, 0.2) is 81.3 Å². The van der Waals surface area contributed by atoms with Crippen molar-refractivity contribution in [3.63, 3.8) is 0 Å². The Labute approximate surface area is 494 Å². The van der Waals surface area contributed by atoms with Crippen molar-refractivity contribution >= 4 is 83.2 Å². The van der Waals surface area contributed by atoms with Gasteiger partial charge in [-0.1, -0.05) is 48.8 Å². The molecule has 0 bridgehead atoms. The number of hydrogen-bond donors (Lipinski definition) is 0. The molecule has 4 aliphatic rings. The first-order valence-electron chi connectivity index (χ1n) is 27.8. The number of nitriles is 2. The van der Waals surface area contributed by atoms with Crippen molar-refractivity contribution in [2.45, 2.75) is 131 Å². The molecule has 0 radical (unpaired) electrons. The molecule has 0 N–H and O–H groups in total. The lowest BCUT2D eigenvalue weighted by Gasteiger charge is -2.31. The zero-order valence-corrected chi connectivity index (χ0v) is 48.0. The number of allylic oxidation sites excluding steroid dienone is 1. The lowest BCUT2D eigenvalue weighted by molar-refractivity contribution is -0.159. The van der Waals surface area contributed by atoms with Crippen LogP contribution >= 0.6 is 23.5 Å². The van der Waals surface area contributed by atoms with Crippen LogP contribution in [0.25, 0.3) is 0 Å². The SMILES string of the molecule is C=CC(=O)OCCOC(=O)CCC(=O)OCCc1ccc(OC(=O)C2CCC(C(=O)Oc3ccc(OC(=O)C4CCC(C(=O)OC5CCC(CCOC(=O)CCC(=O)OCCOC(=O)C=C)CC5)CC4)c4c3SC(=C(C#N)C#N)S4)CC2)cc1. The van der Waals surface area contributed by atoms with Crippen LogP contribution in [0.4, 0.5) is 0 Å². The van der Waals surface area contributed by atoms with Crippen LogP contribution in [0.2, 0.25) is 0 Å². The van der Waals surface area contributed by atoms with Gasteiger partial charge < -0.3 is 47.4 Å². The van der Waals surface area contributed by atoms with Gasteiger partial charge in [-0.2, -0.15) is 10.5 Å². The van der Waals surface area contributed by atoms with Gasteiger partial charge in [0.1, 0.15) is 67.5 Å². The molecular weight excluding hydrogens is 1130 g/mol. The van der Waals surface area contributed by atoms with Crippen molar-refractivity contribution in [2.24, 2.45) is 29.6 Å². The molecule has 84 heavy (non-hydrogen) atoms. The molecule has 0 saturated heterocycles. The van der Waals surface area contributed by atoms with Gasteiger partial charge in [0.05, 0.1) is 76.6 Å². The number of carbonyl (C=O) groups is 10. The van der Waals surface area contributed by atoms with E-state index >= 15 is 0 Å². The van der Waals surface area contributed by atoms with Crippen LogP contribution in [-0.4, -0.2) is 105 Å². The Bertz CT molecular complexity index is 2850. The molecule has 1 heterocycles. The van der Waals surface area contributed by atoms with Crippen LogP contribution < -0.4 is 14.2 Å². The minimum Gasteiger partial charge on any atom is -0.466 e. The van der Waals surface area contributed by atoms with E-state index in [4.69, 9.17) is 47.4 Å². The van der Waals surface area contributed by atoms with E-state index in [1.165, 1.54) is 12.1 Å². The van der Waals surface area contributed by atoms with Crippen molar-refractivity contribution in [1.29, 1.82) is 10.5 Å². The van der Waals surface area contributed by atoms with E-state index in [1.807, 2.05) is 12.1 Å². The highest BCUT2D eigenvalue weighted by molar-refractivity contribution is 8.24. The monoisotopic (exact) mass is 1200 g/mol. The second kappa shape index (κ2) is 34.0. The number of fused-ring (bicyclic) bond motifs is 1. The van der Waals surface area contributed by atoms with Gasteiger partial charge in [-0.3, -0.25) is 38.4 Å². The van der Waals surface area contributed by atoms with Crippen molar-refractivity contribution in [2.75, 3.05) is 39.6 Å². The Morgan fingerprint density at radius 1 is 0.476 bits per heavy atom. The van der Waals surface area contributed by atoms with E-state index in [0.29, 0.717) is 96.8 Å². The van der Waals surface area contributed by atoms with Gasteiger partial charge >= 0.3 is 59.7 Å². The molecular formula is C60H66N2O20S2. The number of hydrogen-bond acceptors (Lipinski definition) is 24. The largest absolute Gasteiger partial charge is 0.466 e. The van der Waals surface area contributed by atoms with E-state index in [0.717, 1.165) is 54.1 Å². The maximum atomic E-state index is 13.7. The summed E-state index contributed by atoms with van der Waals surface area (Å²) in [7, 11) is 0. The Morgan fingerprint density at radius 3 is 1.30 bits per heavy atom. The zero-order valence-electron chi connectivity index (χ0n) is 46.3. The number of carbonyl (C=O) groups excluding carboxylic acids is 10. The molecule has 0 aromatic heterocycles. The average Bonchev–Trinajstić information content (AvgIpc) is 3.51. The van der Waals surface area contributed by atoms with Gasteiger partial charge in [0.25, 0.3) is 0 Å². The first kappa shape index (κ1) is 65.2. The zero-order chi connectivity index (χ0) is 60.4. The number of nitrogens with zero attached hydrogens (tertiary/aromatic N) is 2. The second-order valence-electron chi connectivity index (χ2n) is 20.1. The third-order valence-corrected chi connectivity index (χ3v) is 16.9. The fourth-order valence-corrected chi connectivity index (χ4v) is 12.1. The molecule has 0 amide bonds. The van der Waals surface area contributed by atoms with Gasteiger partial charge in [0.15, 0.2) is 0 Å². The maximum absolute atomic E-state index is 13.7. The lowest BCUT2D eigenvalue weighted by Crippen LogP contribution is -2.32. The molecule has 3 saturated carbocycles. The van der Waals surface area contributed by atoms with Gasteiger partial charge in [0.2, 0.25) is 0 Å². The summed E-state index contributed by atoms with van der Waals surface area (Å²) in [5.41, 5.74) is 0.646. The van der Waals surface area contributed by atoms with E-state index in [-0.39, 0.29) is 106 Å². The Hall–Kier alpha value is -7.96. The molecule has 1 aliphatic heterocycles. The normalized spacial score (nSPS) is 19.6. The highest BCUT2D eigenvalue weighted by Crippen LogP contribution is 2.59. The quantitative estimate of drug-likeness (QED) is 0.0193. The number of ether oxygens (including phenoxy) is 10. The van der Waals surface area contributed by atoms with Gasteiger partial charge in [-0.25, -0.2) is 9.59 Å². The fraction of sp³-hybridized carbons (Fsp3) is 0.500. The fourth-order valence-electron chi connectivity index (χ4n) is 9.57. The van der Waals surface area contributed by atoms with Crippen LogP contribution in [0.3, 0.4) is 0 Å². The standard InChI is InChI=1S/C60H66N2O20S2/c1-3-48(63)75-31-33-77-52(67)25-23-50(65)73-29-27-37-5-17-44(18-6-37)79-56(69)39-9-13-41(14-10-39)58(71)81-46-21-22-47(55-54(46)83-60(84-55)43(35-61)36-62)82-59(72)42-15-11-40(12-16-42)57(70)80-45-19-7-38(8-20-45)28-30-74-51(66)24-26-53(68)78-34-32-76-49(64)4-2/h3-6,17-18,21-22,38-42,45H,1-2,7-16,19-20,23-34H2. The summed E-state index contributed by atoms with van der Waals surface area (Å²) in [6.07, 6.45) is 8.03. The summed E-state index contributed by atoms with van der Waals surface area (Å²) in [5, 5.41) is 19.4. The van der Waals surface area contributed by atoms with Gasteiger partial charge in [0, 0.05) is 18.6 Å². The molecule has 448 valence electrons. The number of thioether (sulfide) groups is 2. The molecule has 0 spiro atoms. The molecule has 3 aliphatic carbocycles. The highest BCUT2D eigenvalue weighted by Gasteiger charge is 2.37. The van der Waals surface area contributed by atoms with Crippen LogP contribution in [-0.2, 0) is 87.5 Å². The van der Waals surface area contributed by atoms with E-state index in [9.17, 15) is 58.5 Å². The number of esters is 10. The molecule has 0 atom stereocenters. The smallest absolute Gasteiger partial charge is 0.330 e. The van der Waals surface area contributed by atoms with Crippen molar-refractivity contribution in [3.05, 3.63) is 77.1 Å². The molecule has 2 aromatic carbocycles. The van der Waals surface area contributed by atoms with Crippen LogP contribution in [0.1, 0.15) is 115 Å². The predicted octanol–water partition coefficient (Wildman–Crippen LogP) is 8.40. The third-order valence-electron chi connectivity index (χ3n) is 14.3. The number of benzene rings is 2. The van der Waals surface area contributed by atoms with Crippen LogP contribution in [0, 0.1) is 52.3 Å². The topological polar surface area (TPSA) is 311 Å². The summed E-state index contributed by atoms with van der Waals surface area (Å²) >= 11 is 2.12. The lowest BCUT2D eigenvalue weighted by atomic mass is 9.82. The van der Waals surface area contributed by atoms with E-state index < -0.39 is 71.5 Å². The number of rotatable bonds is 28. The van der Waals surface area contributed by atoms with E-state index in [1.54, 1.807) is 24.3 Å². The molecule has 6 rings (SSSR count).